The lowest BCUT2D eigenvalue weighted by Crippen LogP contribution is -2.60. The summed E-state index contributed by atoms with van der Waals surface area (Å²) >= 11 is 0. The maximum absolute atomic E-state index is 13.0. The number of hydrogen-bond acceptors (Lipinski definition) is 10. The predicted molar refractivity (Wildman–Crippen MR) is 389 cm³/mol. The number of carbonyl (C=O) groups excluding carboxylic acids is 2. The molecule has 1 aliphatic heterocycles. The highest BCUT2D eigenvalue weighted by atomic mass is 16.7. The number of allylic oxidation sites excluding steroid dienone is 9. The van der Waals surface area contributed by atoms with Gasteiger partial charge in [0, 0.05) is 12.8 Å². The Balaban J connectivity index is 1.88. The Morgan fingerprint density at radius 3 is 1.18 bits per heavy atom. The zero-order chi connectivity index (χ0) is 66.5. The lowest BCUT2D eigenvalue weighted by atomic mass is 9.99. The molecule has 0 spiro atoms. The van der Waals surface area contributed by atoms with Crippen molar-refractivity contribution in [3.8, 4) is 0 Å². The van der Waals surface area contributed by atoms with Gasteiger partial charge < -0.3 is 45.1 Å². The third-order valence-corrected chi connectivity index (χ3v) is 18.6. The van der Waals surface area contributed by atoms with Crippen molar-refractivity contribution in [3.63, 3.8) is 0 Å². The number of hydrogen-bond donors (Lipinski definition) is 6. The van der Waals surface area contributed by atoms with E-state index in [2.05, 4.69) is 67.8 Å². The number of ether oxygens (including phenoxy) is 3. The van der Waals surface area contributed by atoms with Crippen LogP contribution in [0.25, 0.3) is 0 Å². The maximum atomic E-state index is 13.0. The molecule has 0 aliphatic carbocycles. The minimum atomic E-state index is -1.58. The van der Waals surface area contributed by atoms with Gasteiger partial charge in [-0.1, -0.05) is 344 Å². The molecule has 1 amide bonds. The number of aliphatic hydroxyl groups excluding tert-OH is 5. The summed E-state index contributed by atoms with van der Waals surface area (Å²) in [6.45, 7) is 4.24. The van der Waals surface area contributed by atoms with E-state index < -0.39 is 49.5 Å². The van der Waals surface area contributed by atoms with Gasteiger partial charge in [0.2, 0.25) is 5.91 Å². The third-order valence-electron chi connectivity index (χ3n) is 18.6. The van der Waals surface area contributed by atoms with Crippen LogP contribution >= 0.6 is 0 Å². The lowest BCUT2D eigenvalue weighted by molar-refractivity contribution is -0.302. The Hall–Kier alpha value is -2.64. The van der Waals surface area contributed by atoms with Crippen LogP contribution in [0.15, 0.2) is 60.8 Å². The molecule has 11 nitrogen and oxygen atoms in total. The average Bonchev–Trinajstić information content (AvgIpc) is 0.979. The molecule has 0 radical (unpaired) electrons. The highest BCUT2D eigenvalue weighted by Crippen LogP contribution is 2.24. The minimum absolute atomic E-state index is 0.0148. The second-order valence-corrected chi connectivity index (χ2v) is 27.4. The topological polar surface area (TPSA) is 175 Å². The molecule has 1 rings (SSSR count). The molecule has 11 heteroatoms. The van der Waals surface area contributed by atoms with Crippen molar-refractivity contribution < 1.29 is 49.3 Å². The molecule has 92 heavy (non-hydrogen) atoms. The second-order valence-electron chi connectivity index (χ2n) is 27.4. The Bertz CT molecular complexity index is 1710. The fourth-order valence-corrected chi connectivity index (χ4v) is 12.5. The van der Waals surface area contributed by atoms with Gasteiger partial charge in [-0.15, -0.1) is 0 Å². The zero-order valence-electron chi connectivity index (χ0n) is 60.0. The Morgan fingerprint density at radius 1 is 0.413 bits per heavy atom. The van der Waals surface area contributed by atoms with Crippen molar-refractivity contribution in [3.05, 3.63) is 60.8 Å². The summed E-state index contributed by atoms with van der Waals surface area (Å²) in [6.07, 6.45) is 84.2. The van der Waals surface area contributed by atoms with E-state index in [1.165, 1.54) is 283 Å². The van der Waals surface area contributed by atoms with Crippen molar-refractivity contribution in [2.75, 3.05) is 19.8 Å². The highest BCUT2D eigenvalue weighted by Gasteiger charge is 2.44. The number of amides is 1. The van der Waals surface area contributed by atoms with E-state index >= 15 is 0 Å². The van der Waals surface area contributed by atoms with Crippen molar-refractivity contribution >= 4 is 11.9 Å². The molecule has 538 valence electrons. The third kappa shape index (κ3) is 57.6. The lowest BCUT2D eigenvalue weighted by Gasteiger charge is -2.40. The first kappa shape index (κ1) is 87.4. The van der Waals surface area contributed by atoms with Crippen molar-refractivity contribution in [1.29, 1.82) is 0 Å². The quantitative estimate of drug-likeness (QED) is 0.0195. The summed E-state index contributed by atoms with van der Waals surface area (Å²) < 4.78 is 16.7. The predicted octanol–water partition coefficient (Wildman–Crippen LogP) is 21.2. The SMILES string of the molecule is CC/C=C/CC/C=C/CC/C=C/C(O)C(COC1OC(CO)C(O)C(O)C1O)NC(=O)CCCCCCCCCCCCCCCCCCC/C=C\C/C=C\CCCCCCCCCCCCCOC(=O)CCCCCCCCCCCCCCCCCCCCC. The van der Waals surface area contributed by atoms with Crippen molar-refractivity contribution in [1.82, 2.24) is 5.32 Å². The number of aliphatic hydroxyl groups is 5. The Morgan fingerprint density at radius 2 is 0.772 bits per heavy atom. The van der Waals surface area contributed by atoms with Crippen LogP contribution < -0.4 is 5.32 Å². The van der Waals surface area contributed by atoms with Crippen LogP contribution in [0.3, 0.4) is 0 Å². The van der Waals surface area contributed by atoms with Crippen molar-refractivity contribution in [2.24, 2.45) is 0 Å². The first-order valence-corrected chi connectivity index (χ1v) is 39.6. The van der Waals surface area contributed by atoms with Gasteiger partial charge in [-0.25, -0.2) is 0 Å². The van der Waals surface area contributed by atoms with E-state index in [0.29, 0.717) is 19.4 Å². The monoisotopic (exact) mass is 1300 g/mol. The first-order valence-electron chi connectivity index (χ1n) is 39.6. The number of rotatable bonds is 70. The number of esters is 1. The van der Waals surface area contributed by atoms with Crippen LogP contribution in [-0.4, -0.2) is 100 Å². The number of unbranched alkanes of at least 4 members (excludes halogenated alkanes) is 48. The summed E-state index contributed by atoms with van der Waals surface area (Å²) in [4.78, 5) is 25.2. The molecule has 0 saturated carbocycles. The summed E-state index contributed by atoms with van der Waals surface area (Å²) in [6, 6.07) is -0.833. The summed E-state index contributed by atoms with van der Waals surface area (Å²) in [5, 5.41) is 54.3. The van der Waals surface area contributed by atoms with Crippen LogP contribution in [0.1, 0.15) is 380 Å². The van der Waals surface area contributed by atoms with E-state index in [-0.39, 0.29) is 18.5 Å². The molecule has 1 saturated heterocycles. The van der Waals surface area contributed by atoms with E-state index in [9.17, 15) is 35.1 Å². The first-order chi connectivity index (χ1) is 45.2. The normalized spacial score (nSPS) is 17.8. The molecule has 1 aliphatic rings. The fraction of sp³-hybridized carbons (Fsp3) is 0.852. The van der Waals surface area contributed by atoms with Crippen LogP contribution in [-0.2, 0) is 23.8 Å². The van der Waals surface area contributed by atoms with Gasteiger partial charge in [0.05, 0.1) is 32.0 Å². The molecule has 0 bridgehead atoms. The molecule has 0 aromatic carbocycles. The van der Waals surface area contributed by atoms with Crippen molar-refractivity contribution in [2.45, 2.75) is 423 Å². The van der Waals surface area contributed by atoms with Gasteiger partial charge in [-0.05, 0) is 83.5 Å². The second kappa shape index (κ2) is 69.7. The van der Waals surface area contributed by atoms with Crippen LogP contribution in [0, 0.1) is 0 Å². The standard InChI is InChI=1S/C81H149NO10/c1-3-5-7-9-11-13-15-16-17-18-36-40-43-46-49-53-57-61-65-69-77(86)90-70-66-62-58-54-50-47-44-41-38-35-33-31-29-27-25-23-21-19-20-22-24-26-28-30-32-34-37-39-42-45-48-52-56-60-64-68-76(85)82-73(72-91-81-80(89)79(88)78(87)75(71-83)92-81)74(84)67-63-59-55-51-14-12-10-8-6-4-2/h6,8,14,21,23,27,29,51,63,67,73-75,78-81,83-84,87-89H,3-5,7,9-13,15-20,22,24-26,28,30-50,52-62,64-66,68-72H2,1-2H3,(H,82,85)/b8-6+,23-21-,29-27-,51-14+,67-63+. The van der Waals surface area contributed by atoms with Crippen LogP contribution in [0.5, 0.6) is 0 Å². The van der Waals surface area contributed by atoms with Crippen LogP contribution in [0.2, 0.25) is 0 Å². The molecule has 0 aromatic rings. The van der Waals surface area contributed by atoms with E-state index in [0.717, 1.165) is 70.6 Å². The van der Waals surface area contributed by atoms with Gasteiger partial charge >= 0.3 is 5.97 Å². The van der Waals surface area contributed by atoms with Gasteiger partial charge in [0.15, 0.2) is 6.29 Å². The fourth-order valence-electron chi connectivity index (χ4n) is 12.5. The maximum Gasteiger partial charge on any atom is 0.305 e. The summed E-state index contributed by atoms with van der Waals surface area (Å²) in [5.74, 6) is -0.181. The Labute approximate surface area is 567 Å². The molecule has 1 heterocycles. The summed E-state index contributed by atoms with van der Waals surface area (Å²) in [5.41, 5.74) is 0. The molecule has 1 fully saturated rings. The van der Waals surface area contributed by atoms with Gasteiger partial charge in [-0.3, -0.25) is 9.59 Å². The molecule has 7 unspecified atom stereocenters. The van der Waals surface area contributed by atoms with E-state index in [1.54, 1.807) is 6.08 Å². The smallest absolute Gasteiger partial charge is 0.305 e. The molecule has 6 N–H and O–H groups in total. The van der Waals surface area contributed by atoms with Gasteiger partial charge in [0.25, 0.3) is 0 Å². The zero-order valence-corrected chi connectivity index (χ0v) is 60.0. The molecular formula is C81H149NO10. The van der Waals surface area contributed by atoms with E-state index in [4.69, 9.17) is 14.2 Å². The van der Waals surface area contributed by atoms with Gasteiger partial charge in [0.1, 0.15) is 24.4 Å². The number of nitrogens with one attached hydrogen (secondary N) is 1. The summed E-state index contributed by atoms with van der Waals surface area (Å²) in [7, 11) is 0. The molecule has 0 aromatic heterocycles. The largest absolute Gasteiger partial charge is 0.466 e. The minimum Gasteiger partial charge on any atom is -0.466 e. The Kier molecular flexibility index (Phi) is 66.2. The molecular weight excluding hydrogens is 1150 g/mol. The molecule has 7 atom stereocenters. The van der Waals surface area contributed by atoms with Crippen LogP contribution in [0.4, 0.5) is 0 Å². The van der Waals surface area contributed by atoms with E-state index in [1.807, 2.05) is 6.08 Å². The average molecular weight is 1300 g/mol. The highest BCUT2D eigenvalue weighted by molar-refractivity contribution is 5.76. The van der Waals surface area contributed by atoms with Gasteiger partial charge in [-0.2, -0.15) is 0 Å². The number of carbonyl (C=O) groups is 2.